The van der Waals surface area contributed by atoms with Crippen molar-refractivity contribution in [2.24, 2.45) is 5.73 Å². The van der Waals surface area contributed by atoms with Crippen molar-refractivity contribution < 1.29 is 4.79 Å². The fourth-order valence-corrected chi connectivity index (χ4v) is 1.12. The van der Waals surface area contributed by atoms with Gasteiger partial charge in [0.2, 0.25) is 5.91 Å². The number of nitrogens with two attached hydrogens (primary N) is 1. The van der Waals surface area contributed by atoms with E-state index in [0.717, 1.165) is 13.1 Å². The molecule has 64 valence electrons. The van der Waals surface area contributed by atoms with Crippen molar-refractivity contribution in [3.63, 3.8) is 0 Å². The second kappa shape index (κ2) is 3.19. The molecule has 0 aliphatic carbocycles. The molecule has 0 bridgehead atoms. The van der Waals surface area contributed by atoms with Crippen molar-refractivity contribution in [2.45, 2.75) is 19.0 Å². The Hall–Kier alpha value is -0.610. The molecule has 0 saturated carbocycles. The number of amides is 1. The number of likely N-dealkylation sites (tertiary alicyclic amines) is 1. The van der Waals surface area contributed by atoms with Crippen molar-refractivity contribution in [1.29, 1.82) is 0 Å². The number of hydrogen-bond acceptors (Lipinski definition) is 3. The molecule has 0 radical (unpaired) electrons. The van der Waals surface area contributed by atoms with E-state index in [1.54, 1.807) is 6.92 Å². The molecule has 0 aromatic rings. The van der Waals surface area contributed by atoms with Crippen LogP contribution in [-0.2, 0) is 4.79 Å². The van der Waals surface area contributed by atoms with E-state index >= 15 is 0 Å². The maximum absolute atomic E-state index is 11.0. The molecule has 1 saturated heterocycles. The number of likely N-dealkylation sites (N-methyl/N-ethyl adjacent to an activating group) is 1. The first-order chi connectivity index (χ1) is 5.09. The number of nitrogens with zero attached hydrogens (tertiary/aromatic N) is 1. The first kappa shape index (κ1) is 8.49. The van der Waals surface area contributed by atoms with Crippen LogP contribution in [0.4, 0.5) is 0 Å². The van der Waals surface area contributed by atoms with E-state index in [2.05, 4.69) is 10.2 Å². The van der Waals surface area contributed by atoms with Crippen molar-refractivity contribution in [3.05, 3.63) is 0 Å². The Bertz CT molecular complexity index is 152. The van der Waals surface area contributed by atoms with Gasteiger partial charge in [-0.3, -0.25) is 4.79 Å². The van der Waals surface area contributed by atoms with E-state index in [9.17, 15) is 4.79 Å². The van der Waals surface area contributed by atoms with Crippen LogP contribution in [0.25, 0.3) is 0 Å². The van der Waals surface area contributed by atoms with Gasteiger partial charge in [0.1, 0.15) is 0 Å². The van der Waals surface area contributed by atoms with Crippen LogP contribution in [0.1, 0.15) is 6.92 Å². The fourth-order valence-electron chi connectivity index (χ4n) is 1.12. The molecule has 1 rings (SSSR count). The third-order valence-electron chi connectivity index (χ3n) is 1.82. The van der Waals surface area contributed by atoms with E-state index in [1.807, 2.05) is 7.05 Å². The topological polar surface area (TPSA) is 58.4 Å². The number of hydrogen-bond donors (Lipinski definition) is 2. The molecule has 0 spiro atoms. The van der Waals surface area contributed by atoms with Gasteiger partial charge in [0.05, 0.1) is 12.1 Å². The summed E-state index contributed by atoms with van der Waals surface area (Å²) in [5, 5.41) is 2.84. The van der Waals surface area contributed by atoms with Gasteiger partial charge in [0.25, 0.3) is 0 Å². The highest BCUT2D eigenvalue weighted by molar-refractivity contribution is 5.81. The second-order valence-electron chi connectivity index (χ2n) is 3.22. The third kappa shape index (κ3) is 2.17. The van der Waals surface area contributed by atoms with Gasteiger partial charge < -0.3 is 16.0 Å². The molecule has 1 amide bonds. The Kier molecular flexibility index (Phi) is 2.46. The summed E-state index contributed by atoms with van der Waals surface area (Å²) in [5.74, 6) is -0.0527. The van der Waals surface area contributed by atoms with E-state index in [0.29, 0.717) is 6.04 Å². The molecule has 1 heterocycles. The lowest BCUT2D eigenvalue weighted by Gasteiger charge is -2.36. The Morgan fingerprint density at radius 1 is 1.73 bits per heavy atom. The molecule has 4 heteroatoms. The lowest BCUT2D eigenvalue weighted by Crippen LogP contribution is -2.59. The van der Waals surface area contributed by atoms with Crippen molar-refractivity contribution in [2.75, 3.05) is 20.1 Å². The maximum Gasteiger partial charge on any atom is 0.236 e. The van der Waals surface area contributed by atoms with E-state index < -0.39 is 0 Å². The van der Waals surface area contributed by atoms with Crippen LogP contribution in [0.3, 0.4) is 0 Å². The summed E-state index contributed by atoms with van der Waals surface area (Å²) in [7, 11) is 2.02. The second-order valence-corrected chi connectivity index (χ2v) is 3.22. The molecule has 1 aliphatic heterocycles. The van der Waals surface area contributed by atoms with Crippen molar-refractivity contribution >= 4 is 5.91 Å². The van der Waals surface area contributed by atoms with Gasteiger partial charge in [0.15, 0.2) is 0 Å². The van der Waals surface area contributed by atoms with Gasteiger partial charge in [-0.25, -0.2) is 0 Å². The molecule has 1 unspecified atom stereocenters. The molecule has 0 aromatic carbocycles. The summed E-state index contributed by atoms with van der Waals surface area (Å²) in [6.07, 6.45) is 0. The van der Waals surface area contributed by atoms with Crippen LogP contribution >= 0.6 is 0 Å². The molecule has 1 fully saturated rings. The van der Waals surface area contributed by atoms with Crippen LogP contribution in [-0.4, -0.2) is 43.0 Å². The molecular formula is C7H15N3O. The lowest BCUT2D eigenvalue weighted by molar-refractivity contribution is -0.123. The predicted octanol–water partition coefficient (Wildman–Crippen LogP) is -1.24. The van der Waals surface area contributed by atoms with Crippen molar-refractivity contribution in [3.8, 4) is 0 Å². The predicted molar refractivity (Wildman–Crippen MR) is 43.1 cm³/mol. The van der Waals surface area contributed by atoms with Crippen LogP contribution in [0.15, 0.2) is 0 Å². The molecule has 4 nitrogen and oxygen atoms in total. The van der Waals surface area contributed by atoms with Gasteiger partial charge in [0, 0.05) is 13.1 Å². The molecule has 3 N–H and O–H groups in total. The minimum absolute atomic E-state index is 0.0527. The average molecular weight is 157 g/mol. The van der Waals surface area contributed by atoms with Crippen LogP contribution in [0.5, 0.6) is 0 Å². The Morgan fingerprint density at radius 2 is 2.27 bits per heavy atom. The normalized spacial score (nSPS) is 22.5. The van der Waals surface area contributed by atoms with Crippen LogP contribution in [0, 0.1) is 0 Å². The number of rotatable bonds is 2. The summed E-state index contributed by atoms with van der Waals surface area (Å²) in [5.41, 5.74) is 5.37. The van der Waals surface area contributed by atoms with Gasteiger partial charge >= 0.3 is 0 Å². The van der Waals surface area contributed by atoms with E-state index in [1.165, 1.54) is 0 Å². The Morgan fingerprint density at radius 3 is 2.64 bits per heavy atom. The summed E-state index contributed by atoms with van der Waals surface area (Å²) in [4.78, 5) is 13.1. The van der Waals surface area contributed by atoms with Crippen molar-refractivity contribution in [1.82, 2.24) is 10.2 Å². The molecule has 1 aliphatic rings. The van der Waals surface area contributed by atoms with Crippen LogP contribution < -0.4 is 11.1 Å². The molecule has 1 atom stereocenters. The van der Waals surface area contributed by atoms with Gasteiger partial charge in [-0.05, 0) is 14.0 Å². The standard InChI is InChI=1S/C7H15N3O/c1-5(8)7(11)9-6-3-10(2)4-6/h5-6H,3-4,8H2,1-2H3,(H,9,11). The first-order valence-corrected chi connectivity index (χ1v) is 3.84. The fraction of sp³-hybridized carbons (Fsp3) is 0.857. The number of carbonyl (C=O) groups is 1. The van der Waals surface area contributed by atoms with Gasteiger partial charge in [-0.1, -0.05) is 0 Å². The molecule has 0 aromatic heterocycles. The quantitative estimate of drug-likeness (QED) is 0.527. The van der Waals surface area contributed by atoms with E-state index in [-0.39, 0.29) is 11.9 Å². The zero-order chi connectivity index (χ0) is 8.43. The zero-order valence-electron chi connectivity index (χ0n) is 7.00. The first-order valence-electron chi connectivity index (χ1n) is 3.84. The van der Waals surface area contributed by atoms with Crippen LogP contribution in [0.2, 0.25) is 0 Å². The largest absolute Gasteiger partial charge is 0.349 e. The monoisotopic (exact) mass is 157 g/mol. The zero-order valence-corrected chi connectivity index (χ0v) is 7.00. The third-order valence-corrected chi connectivity index (χ3v) is 1.82. The SMILES string of the molecule is CC(N)C(=O)NC1CN(C)C1. The highest BCUT2D eigenvalue weighted by Gasteiger charge is 2.25. The van der Waals surface area contributed by atoms with Gasteiger partial charge in [-0.15, -0.1) is 0 Å². The lowest BCUT2D eigenvalue weighted by atomic mass is 10.1. The highest BCUT2D eigenvalue weighted by atomic mass is 16.2. The Balaban J connectivity index is 2.17. The maximum atomic E-state index is 11.0. The number of carbonyl (C=O) groups excluding carboxylic acids is 1. The molecule has 11 heavy (non-hydrogen) atoms. The molecular weight excluding hydrogens is 142 g/mol. The minimum atomic E-state index is -0.388. The highest BCUT2D eigenvalue weighted by Crippen LogP contribution is 2.02. The average Bonchev–Trinajstić information content (AvgIpc) is 1.84. The summed E-state index contributed by atoms with van der Waals surface area (Å²) >= 11 is 0. The summed E-state index contributed by atoms with van der Waals surface area (Å²) in [6.45, 7) is 3.58. The number of nitrogens with one attached hydrogen (secondary N) is 1. The van der Waals surface area contributed by atoms with Gasteiger partial charge in [-0.2, -0.15) is 0 Å². The summed E-state index contributed by atoms with van der Waals surface area (Å²) in [6, 6.07) is -0.0700. The summed E-state index contributed by atoms with van der Waals surface area (Å²) < 4.78 is 0. The Labute approximate surface area is 66.7 Å². The smallest absolute Gasteiger partial charge is 0.236 e. The van der Waals surface area contributed by atoms with E-state index in [4.69, 9.17) is 5.73 Å². The minimum Gasteiger partial charge on any atom is -0.349 e.